The van der Waals surface area contributed by atoms with E-state index < -0.39 is 34.9 Å². The van der Waals surface area contributed by atoms with E-state index in [4.69, 9.17) is 89.6 Å². The number of nitro groups is 7. The van der Waals surface area contributed by atoms with Gasteiger partial charge in [0.15, 0.2) is 40.7 Å². The summed E-state index contributed by atoms with van der Waals surface area (Å²) in [4.78, 5) is 124. The van der Waals surface area contributed by atoms with Crippen LogP contribution in [-0.4, -0.2) is 327 Å². The summed E-state index contributed by atoms with van der Waals surface area (Å²) in [5.74, 6) is 5.86. The van der Waals surface area contributed by atoms with Crippen molar-refractivity contribution in [3.8, 4) is 12.4 Å². The number of pyridine rings is 4. The fourth-order valence-electron chi connectivity index (χ4n) is 12.4. The van der Waals surface area contributed by atoms with Crippen LogP contribution in [0.4, 0.5) is 0 Å². The molecule has 6 saturated heterocycles. The molecule has 0 amide bonds. The van der Waals surface area contributed by atoms with Crippen LogP contribution in [0.2, 0.25) is 29.5 Å². The minimum atomic E-state index is -0.732. The number of ether oxygens (including phenoxy) is 2. The number of aromatic nitrogens is 6. The van der Waals surface area contributed by atoms with E-state index in [0.29, 0.717) is 155 Å². The summed E-state index contributed by atoms with van der Waals surface area (Å²) in [7, 11) is 14.2. The number of halogens is 6. The van der Waals surface area contributed by atoms with Gasteiger partial charge in [0.2, 0.25) is 18.3 Å². The lowest BCUT2D eigenvalue weighted by Gasteiger charge is -2.40. The molecule has 774 valence electrons. The summed E-state index contributed by atoms with van der Waals surface area (Å²) in [6.07, 6.45) is 20.7. The first-order chi connectivity index (χ1) is 67.7. The van der Waals surface area contributed by atoms with E-state index in [1.54, 1.807) is 138 Å². The summed E-state index contributed by atoms with van der Waals surface area (Å²) < 4.78 is 11.4. The lowest BCUT2D eigenvalue weighted by molar-refractivity contribution is -0.486. The Hall–Kier alpha value is -13.0. The molecule has 1 atom stereocenters. The number of nitrogens with zero attached hydrogens (tertiary/aromatic N) is 32. The number of amidine groups is 1. The Morgan fingerprint density at radius 1 is 0.599 bits per heavy atom. The van der Waals surface area contributed by atoms with Crippen LogP contribution in [-0.2, 0) is 48.7 Å². The van der Waals surface area contributed by atoms with Crippen LogP contribution in [0.1, 0.15) is 65.6 Å². The van der Waals surface area contributed by atoms with Gasteiger partial charge in [-0.15, -0.1) is 39.4 Å². The topological polar surface area (TPSA) is 627 Å². The highest BCUT2D eigenvalue weighted by atomic mass is 35.5. The third-order valence-electron chi connectivity index (χ3n) is 18.6. The molecule has 6 fully saturated rings. The first kappa shape index (κ1) is 121. The molecular weight excluding hydrogens is 2070 g/mol. The third kappa shape index (κ3) is 49.9. The van der Waals surface area contributed by atoms with Crippen LogP contribution in [0.15, 0.2) is 151 Å². The highest BCUT2D eigenvalue weighted by Gasteiger charge is 2.30. The molecule has 12 heterocycles. The maximum absolute atomic E-state index is 10.7. The largest absolute Gasteiger partial charge is 0.381 e. The second-order valence-electron chi connectivity index (χ2n) is 29.6. The van der Waals surface area contributed by atoms with Crippen molar-refractivity contribution in [2.45, 2.75) is 72.9 Å². The van der Waals surface area contributed by atoms with E-state index in [1.165, 1.54) is 34.4 Å². The molecule has 0 radical (unpaired) electrons. The van der Waals surface area contributed by atoms with Crippen molar-refractivity contribution >= 4 is 151 Å². The van der Waals surface area contributed by atoms with Gasteiger partial charge in [0.25, 0.3) is 42.4 Å². The first-order valence-corrected chi connectivity index (χ1v) is 48.5. The maximum atomic E-state index is 10.7. The number of hydrogen-bond acceptors (Lipinski definition) is 36. The summed E-state index contributed by atoms with van der Waals surface area (Å²) in [5, 5.41) is 119. The molecule has 142 heavy (non-hydrogen) atoms. The first-order valence-electron chi connectivity index (χ1n) is 42.3. The van der Waals surface area contributed by atoms with E-state index >= 15 is 0 Å². The maximum Gasteiger partial charge on any atom is 0.277 e. The van der Waals surface area contributed by atoms with Crippen molar-refractivity contribution in [2.24, 2.45) is 36.3 Å². The van der Waals surface area contributed by atoms with Gasteiger partial charge in [0, 0.05) is 205 Å². The summed E-state index contributed by atoms with van der Waals surface area (Å²) in [6, 6.07) is 14.4. The predicted octanol–water partition coefficient (Wildman–Crippen LogP) is 9.02. The average molecular weight is 2180 g/mol. The standard InChI is InChI=1S/C11H15ClN6O2.C11H14ClN5.C11H15ClN4O2.C11H13ClN4.C8H10ClN5O3S.C7H8ClN5O2S.C7H14N4O3.C7H13N3O2S.C5H8N2O2S/c1-15-7-16(2)11(14-18(19)20)17(8-15)6-9-3-4-10(12)13-5-9;1-16(2)11(15-8-13)17(3)7-9-4-5-10(12)14-6-9;1-3-15(11(13-2)8-16(17)18)7-9-4-5-10(12)14-6-9;1-3-16(9(2)15-8-13)7-10-4-5-11(12)14-6-10;1-12-4-17-5-13(8(12)11-14(15)16)3-6-2-10-7(9)18-6;8-6-10-3-5(16-6)4-12-2-1-9-7(12)11-13(14)15;1-8-7(10-11(12)13)9-4-6-2-3-14-5-6;1-13-5-4-9-3-2-8-7(9)6-10(11)12;8-7(9)4-5-6-2-1-3-10-5/h3-5H,6-8H2,1-2H3;4-6H,7H2,1-3H3;4-6,8,13H,3,7H2,1-2H3;4-6H,3,7H2,1-2H3;2H,3-5H2,1H3;3H,1-2,4H2,(H,9,11);6H,2-5H2,1H3,(H2,8,9,10);6,8H,2-5H2,1H3;4,6H,1-3H2/b14-11+;;11-8+;;11-8+;;;;. The second-order valence-corrected chi connectivity index (χ2v) is 36.6. The van der Waals surface area contributed by atoms with Gasteiger partial charge in [0.1, 0.15) is 65.3 Å². The average Bonchev–Trinajstić information content (AvgIpc) is 1.44. The molecule has 6 aliphatic heterocycles. The van der Waals surface area contributed by atoms with Gasteiger partial charge in [-0.05, 0) is 93.4 Å². The molecule has 0 spiro atoms. The van der Waals surface area contributed by atoms with E-state index in [0.717, 1.165) is 114 Å². The molecule has 0 bridgehead atoms. The Kier molecular flexibility index (Phi) is 57.6. The number of rotatable bonds is 28. The van der Waals surface area contributed by atoms with Gasteiger partial charge in [-0.3, -0.25) is 35.2 Å². The Labute approximate surface area is 864 Å². The van der Waals surface area contributed by atoms with Gasteiger partial charge < -0.3 is 90.4 Å². The SMILES string of the molecule is CCN(Cc1ccc(Cl)nc1)/C(=C/[N+](=O)[O-])NC.CCN(Cc1ccc(Cl)nc1)C(C)=NC#N.CN(C)C(=NC#N)N(C)Cc1ccc(Cl)nc1.CN/C(=N\[N+](=O)[O-])NCC1CCOC1.CN1CN(C)/C(=N\[N+](=O)[O-])N(Cc2ccc(Cl)nc2)C1.CN1COCN(Cc2cnc(Cl)s2)/C1=N/[N+](=O)[O-].CSCCN1CCNC1=C[N+](=O)[O-].O=[N+]([O-])/N=C1\NCCN1Cc1cnc(Cl)s1.O=[N+]([O-])C=C1NCCCS1. The number of nitriles is 2. The van der Waals surface area contributed by atoms with E-state index in [1.807, 2.05) is 109 Å². The molecule has 0 saturated carbocycles. The van der Waals surface area contributed by atoms with Crippen molar-refractivity contribution in [2.75, 3.05) is 173 Å². The van der Waals surface area contributed by atoms with Crippen molar-refractivity contribution in [1.82, 2.24) is 116 Å². The smallest absolute Gasteiger partial charge is 0.277 e. The van der Waals surface area contributed by atoms with Crippen molar-refractivity contribution in [1.29, 1.82) is 10.5 Å². The minimum Gasteiger partial charge on any atom is -0.381 e. The van der Waals surface area contributed by atoms with E-state index in [2.05, 4.69) is 92.2 Å². The zero-order chi connectivity index (χ0) is 105. The molecular formula is C78H110Cl6N38O16S4. The van der Waals surface area contributed by atoms with Gasteiger partial charge in [-0.25, -0.2) is 70.4 Å². The molecule has 54 nitrogen and oxygen atoms in total. The monoisotopic (exact) mass is 2170 g/mol. The number of hydrazone groups is 4. The van der Waals surface area contributed by atoms with Gasteiger partial charge >= 0.3 is 0 Å². The van der Waals surface area contributed by atoms with E-state index in [9.17, 15) is 70.8 Å². The number of guanidine groups is 5. The highest BCUT2D eigenvalue weighted by molar-refractivity contribution is 8.03. The van der Waals surface area contributed by atoms with Crippen LogP contribution in [0.5, 0.6) is 0 Å². The van der Waals surface area contributed by atoms with Crippen LogP contribution < -0.4 is 31.9 Å². The van der Waals surface area contributed by atoms with Crippen LogP contribution in [0.3, 0.4) is 0 Å². The normalized spacial score (nSPS) is 16.4. The Balaban J connectivity index is 0.000000335. The molecule has 0 aromatic carbocycles. The Morgan fingerprint density at radius 2 is 1.13 bits per heavy atom. The number of aliphatic imine (C=N–C) groups is 2. The van der Waals surface area contributed by atoms with Gasteiger partial charge in [-0.2, -0.15) is 27.3 Å². The number of thioether (sulfide) groups is 2. The molecule has 1 unspecified atom stereocenters. The van der Waals surface area contributed by atoms with E-state index in [-0.39, 0.29) is 31.3 Å². The van der Waals surface area contributed by atoms with Crippen molar-refractivity contribution in [3.63, 3.8) is 0 Å². The lowest BCUT2D eigenvalue weighted by Crippen LogP contribution is -2.56. The molecule has 6 aromatic rings. The zero-order valence-electron chi connectivity index (χ0n) is 79.3. The van der Waals surface area contributed by atoms with Crippen molar-refractivity contribution in [3.05, 3.63) is 253 Å². The molecule has 6 aliphatic rings. The fourth-order valence-corrected chi connectivity index (χ4v) is 16.1. The zero-order valence-corrected chi connectivity index (χ0v) is 87.1. The van der Waals surface area contributed by atoms with Crippen LogP contribution in [0, 0.1) is 99.6 Å². The molecule has 64 heteroatoms. The summed E-state index contributed by atoms with van der Waals surface area (Å²) in [5.41, 5.74) is 3.89. The van der Waals surface area contributed by atoms with Gasteiger partial charge in [-0.1, -0.05) is 93.9 Å². The number of nitrogens with one attached hydrogen (secondary N) is 6. The summed E-state index contributed by atoms with van der Waals surface area (Å²) >= 11 is 40.2. The third-order valence-corrected chi connectivity index (χ3v) is 23.4. The predicted molar refractivity (Wildman–Crippen MR) is 545 cm³/mol. The fraction of sp³-hybridized carbons (Fsp3) is 0.487. The number of thiazole rings is 2. The molecule has 12 rings (SSSR count). The Morgan fingerprint density at radius 3 is 1.58 bits per heavy atom. The Bertz CT molecular complexity index is 5330. The number of hydrogen-bond donors (Lipinski definition) is 6. The minimum absolute atomic E-state index is 0.182. The quantitative estimate of drug-likeness (QED) is 0.00666. The second kappa shape index (κ2) is 67.4. The lowest BCUT2D eigenvalue weighted by atomic mass is 10.1. The van der Waals surface area contributed by atoms with Crippen molar-refractivity contribution < 1.29 is 44.4 Å². The summed E-state index contributed by atoms with van der Waals surface area (Å²) in [6.45, 7) is 18.9. The van der Waals surface area contributed by atoms with Gasteiger partial charge in [0.05, 0.1) is 47.8 Å². The molecule has 6 aromatic heterocycles. The molecule has 0 aliphatic carbocycles. The highest BCUT2D eigenvalue weighted by Crippen LogP contribution is 2.24. The van der Waals surface area contributed by atoms with Crippen LogP contribution >= 0.6 is 116 Å². The molecule has 6 N–H and O–H groups in total. The van der Waals surface area contributed by atoms with Crippen LogP contribution in [0.25, 0.3) is 0 Å².